The summed E-state index contributed by atoms with van der Waals surface area (Å²) in [4.78, 5) is 4.74. The van der Waals surface area contributed by atoms with Gasteiger partial charge in [0.15, 0.2) is 0 Å². The molecule has 1 heterocycles. The van der Waals surface area contributed by atoms with Crippen LogP contribution < -0.4 is 5.73 Å². The monoisotopic (exact) mass is 246 g/mol. The summed E-state index contributed by atoms with van der Waals surface area (Å²) in [5.74, 6) is 0. The third-order valence-electron chi connectivity index (χ3n) is 3.72. The molecule has 1 aliphatic rings. The molecule has 0 saturated heterocycles. The van der Waals surface area contributed by atoms with Gasteiger partial charge in [0.2, 0.25) is 0 Å². The maximum absolute atomic E-state index is 6.59. The lowest BCUT2D eigenvalue weighted by Crippen LogP contribution is -2.35. The van der Waals surface area contributed by atoms with Crippen LogP contribution in [-0.2, 0) is 5.54 Å². The van der Waals surface area contributed by atoms with Crippen LogP contribution in [0.4, 0.5) is 0 Å². The van der Waals surface area contributed by atoms with Gasteiger partial charge in [0, 0.05) is 0 Å². The highest BCUT2D eigenvalue weighted by Gasteiger charge is 2.31. The van der Waals surface area contributed by atoms with Gasteiger partial charge in [-0.2, -0.15) is 0 Å². The minimum absolute atomic E-state index is 0.166. The number of benzene rings is 1. The zero-order chi connectivity index (χ0) is 11.7. The van der Waals surface area contributed by atoms with Gasteiger partial charge in [-0.05, 0) is 25.0 Å². The summed E-state index contributed by atoms with van der Waals surface area (Å²) in [5, 5.41) is 1.14. The van der Waals surface area contributed by atoms with Crippen molar-refractivity contribution in [2.24, 2.45) is 5.73 Å². The van der Waals surface area contributed by atoms with Gasteiger partial charge in [-0.3, -0.25) is 0 Å². The lowest BCUT2D eigenvalue weighted by molar-refractivity contribution is 0.384. The number of nitrogens with two attached hydrogens (primary N) is 1. The quantitative estimate of drug-likeness (QED) is 0.777. The van der Waals surface area contributed by atoms with Gasteiger partial charge in [-0.15, -0.1) is 11.3 Å². The summed E-state index contributed by atoms with van der Waals surface area (Å²) in [6.45, 7) is 0. The highest BCUT2D eigenvalue weighted by atomic mass is 32.1. The highest BCUT2D eigenvalue weighted by molar-refractivity contribution is 7.18. The topological polar surface area (TPSA) is 38.9 Å². The number of aromatic nitrogens is 1. The van der Waals surface area contributed by atoms with Crippen LogP contribution in [0.15, 0.2) is 24.3 Å². The first kappa shape index (κ1) is 11.2. The van der Waals surface area contributed by atoms with Gasteiger partial charge in [0.1, 0.15) is 5.01 Å². The first-order valence-electron chi connectivity index (χ1n) is 6.43. The van der Waals surface area contributed by atoms with E-state index in [0.29, 0.717) is 0 Å². The molecule has 3 heteroatoms. The first-order chi connectivity index (χ1) is 8.28. The van der Waals surface area contributed by atoms with E-state index in [9.17, 15) is 0 Å². The van der Waals surface area contributed by atoms with Gasteiger partial charge < -0.3 is 5.73 Å². The largest absolute Gasteiger partial charge is 0.319 e. The summed E-state index contributed by atoms with van der Waals surface area (Å²) < 4.78 is 1.26. The van der Waals surface area contributed by atoms with Crippen molar-refractivity contribution >= 4 is 21.6 Å². The molecule has 17 heavy (non-hydrogen) atoms. The Morgan fingerprint density at radius 2 is 1.76 bits per heavy atom. The van der Waals surface area contributed by atoms with Gasteiger partial charge in [-0.1, -0.05) is 37.8 Å². The maximum atomic E-state index is 6.59. The first-order valence-corrected chi connectivity index (χ1v) is 7.25. The molecular weight excluding hydrogens is 228 g/mol. The van der Waals surface area contributed by atoms with E-state index in [4.69, 9.17) is 10.7 Å². The molecule has 0 amide bonds. The molecule has 0 radical (unpaired) electrons. The second kappa shape index (κ2) is 4.39. The molecule has 3 rings (SSSR count). The summed E-state index contributed by atoms with van der Waals surface area (Å²) in [6.07, 6.45) is 7.31. The van der Waals surface area contributed by atoms with Crippen molar-refractivity contribution in [3.05, 3.63) is 29.3 Å². The summed E-state index contributed by atoms with van der Waals surface area (Å²) in [5.41, 5.74) is 7.52. The smallest absolute Gasteiger partial charge is 0.114 e. The average molecular weight is 246 g/mol. The maximum Gasteiger partial charge on any atom is 0.114 e. The lowest BCUT2D eigenvalue weighted by Gasteiger charge is -2.25. The number of para-hydroxylation sites is 1. The predicted octanol–water partition coefficient (Wildman–Crippen LogP) is 3.80. The highest BCUT2D eigenvalue weighted by Crippen LogP contribution is 2.37. The molecule has 2 N–H and O–H groups in total. The molecular formula is C14H18N2S. The fourth-order valence-corrected chi connectivity index (χ4v) is 3.78. The average Bonchev–Trinajstić information content (AvgIpc) is 2.66. The normalized spacial score (nSPS) is 20.3. The fraction of sp³-hybridized carbons (Fsp3) is 0.500. The molecule has 90 valence electrons. The van der Waals surface area contributed by atoms with Crippen molar-refractivity contribution in [2.45, 2.75) is 44.1 Å². The van der Waals surface area contributed by atoms with Crippen LogP contribution in [0.1, 0.15) is 43.5 Å². The van der Waals surface area contributed by atoms with Crippen LogP contribution in [0.25, 0.3) is 10.2 Å². The molecule has 0 bridgehead atoms. The Morgan fingerprint density at radius 1 is 1.06 bits per heavy atom. The second-order valence-corrected chi connectivity index (χ2v) is 6.09. The molecule has 1 aromatic carbocycles. The Kier molecular flexibility index (Phi) is 2.89. The molecule has 0 spiro atoms. The zero-order valence-corrected chi connectivity index (χ0v) is 10.8. The van der Waals surface area contributed by atoms with E-state index in [1.54, 1.807) is 11.3 Å². The summed E-state index contributed by atoms with van der Waals surface area (Å²) in [7, 11) is 0. The van der Waals surface area contributed by atoms with E-state index in [1.165, 1.54) is 30.4 Å². The molecule has 2 nitrogen and oxygen atoms in total. The SMILES string of the molecule is NC1(c2nc3ccccc3s2)CCCCCC1. The second-order valence-electron chi connectivity index (χ2n) is 5.06. The number of rotatable bonds is 1. The van der Waals surface area contributed by atoms with Crippen molar-refractivity contribution in [2.75, 3.05) is 0 Å². The van der Waals surface area contributed by atoms with E-state index < -0.39 is 0 Å². The zero-order valence-electron chi connectivity index (χ0n) is 9.98. The van der Waals surface area contributed by atoms with E-state index in [1.807, 2.05) is 6.07 Å². The van der Waals surface area contributed by atoms with Crippen molar-refractivity contribution in [1.29, 1.82) is 0 Å². The molecule has 0 unspecified atom stereocenters. The Morgan fingerprint density at radius 3 is 2.47 bits per heavy atom. The van der Waals surface area contributed by atoms with Gasteiger partial charge in [0.25, 0.3) is 0 Å². The van der Waals surface area contributed by atoms with Crippen LogP contribution >= 0.6 is 11.3 Å². The molecule has 2 aromatic rings. The van der Waals surface area contributed by atoms with Gasteiger partial charge in [0.05, 0.1) is 15.8 Å². The summed E-state index contributed by atoms with van der Waals surface area (Å²) >= 11 is 1.78. The third kappa shape index (κ3) is 2.09. The van der Waals surface area contributed by atoms with E-state index >= 15 is 0 Å². The van der Waals surface area contributed by atoms with E-state index in [0.717, 1.165) is 23.4 Å². The minimum atomic E-state index is -0.166. The fourth-order valence-electron chi connectivity index (χ4n) is 2.66. The van der Waals surface area contributed by atoms with E-state index in [-0.39, 0.29) is 5.54 Å². The molecule has 0 aliphatic heterocycles. The molecule has 0 atom stereocenters. The Bertz CT molecular complexity index is 477. The third-order valence-corrected chi connectivity index (χ3v) is 4.97. The van der Waals surface area contributed by atoms with Crippen molar-refractivity contribution in [3.8, 4) is 0 Å². The Hall–Kier alpha value is -0.930. The van der Waals surface area contributed by atoms with E-state index in [2.05, 4.69) is 18.2 Å². The number of hydrogen-bond acceptors (Lipinski definition) is 3. The molecule has 1 fully saturated rings. The molecule has 1 aromatic heterocycles. The van der Waals surface area contributed by atoms with Crippen molar-refractivity contribution in [3.63, 3.8) is 0 Å². The number of hydrogen-bond donors (Lipinski definition) is 1. The van der Waals surface area contributed by atoms with Crippen LogP contribution in [0.2, 0.25) is 0 Å². The lowest BCUT2D eigenvalue weighted by atomic mass is 9.92. The molecule has 1 saturated carbocycles. The standard InChI is InChI=1S/C14H18N2S/c15-14(9-5-1-2-6-10-14)13-16-11-7-3-4-8-12(11)17-13/h3-4,7-8H,1-2,5-6,9-10,15H2. The van der Waals surface area contributed by atoms with Gasteiger partial charge >= 0.3 is 0 Å². The number of thiazole rings is 1. The molecule has 1 aliphatic carbocycles. The van der Waals surface area contributed by atoms with Crippen molar-refractivity contribution in [1.82, 2.24) is 4.98 Å². The summed E-state index contributed by atoms with van der Waals surface area (Å²) in [6, 6.07) is 8.33. The Labute approximate surface area is 106 Å². The van der Waals surface area contributed by atoms with Crippen molar-refractivity contribution < 1.29 is 0 Å². The van der Waals surface area contributed by atoms with Crippen LogP contribution in [0.3, 0.4) is 0 Å². The van der Waals surface area contributed by atoms with Crippen LogP contribution in [0.5, 0.6) is 0 Å². The predicted molar refractivity (Wildman–Crippen MR) is 73.2 cm³/mol. The Balaban J connectivity index is 2.01. The number of fused-ring (bicyclic) bond motifs is 1. The van der Waals surface area contributed by atoms with Crippen LogP contribution in [0, 0.1) is 0 Å². The van der Waals surface area contributed by atoms with Gasteiger partial charge in [-0.25, -0.2) is 4.98 Å². The minimum Gasteiger partial charge on any atom is -0.319 e. The number of nitrogens with zero attached hydrogens (tertiary/aromatic N) is 1. The van der Waals surface area contributed by atoms with Crippen LogP contribution in [-0.4, -0.2) is 4.98 Å².